The van der Waals surface area contributed by atoms with Gasteiger partial charge in [0, 0.05) is 19.7 Å². The first-order valence-electron chi connectivity index (χ1n) is 3.95. The zero-order chi connectivity index (χ0) is 8.69. The van der Waals surface area contributed by atoms with Gasteiger partial charge in [0.15, 0.2) is 0 Å². The lowest BCUT2D eigenvalue weighted by Gasteiger charge is -2.03. The Bertz CT molecular complexity index is 164. The summed E-state index contributed by atoms with van der Waals surface area (Å²) in [6, 6.07) is 0. The minimum atomic E-state index is 0.567. The van der Waals surface area contributed by atoms with Gasteiger partial charge in [-0.05, 0) is 11.5 Å². The van der Waals surface area contributed by atoms with Crippen molar-refractivity contribution in [1.29, 1.82) is 0 Å². The lowest BCUT2D eigenvalue weighted by Crippen LogP contribution is -1.89. The minimum Gasteiger partial charge on any atom is -0.301 e. The smallest absolute Gasteiger partial charge is 0.0273 e. The lowest BCUT2D eigenvalue weighted by molar-refractivity contribution is 0.789. The Hall–Kier alpha value is -0.850. The number of aliphatic imine (C=N–C) groups is 1. The third-order valence-corrected chi connectivity index (χ3v) is 1.54. The highest BCUT2D eigenvalue weighted by Crippen LogP contribution is 2.10. The molecule has 0 saturated carbocycles. The van der Waals surface area contributed by atoms with Crippen LogP contribution in [-0.2, 0) is 0 Å². The molecule has 11 heavy (non-hydrogen) atoms. The Morgan fingerprint density at radius 3 is 2.55 bits per heavy atom. The predicted molar refractivity (Wildman–Crippen MR) is 52.2 cm³/mol. The molecule has 0 aromatic carbocycles. The molecule has 0 aliphatic heterocycles. The highest BCUT2D eigenvalue weighted by Gasteiger charge is 1.95. The van der Waals surface area contributed by atoms with E-state index in [1.807, 2.05) is 12.3 Å². The number of hydrogen-bond donors (Lipinski definition) is 0. The van der Waals surface area contributed by atoms with Gasteiger partial charge < -0.3 is 4.99 Å². The normalized spacial score (nSPS) is 12.9. The summed E-state index contributed by atoms with van der Waals surface area (Å²) in [5.74, 6) is 0.567. The van der Waals surface area contributed by atoms with Crippen molar-refractivity contribution in [2.45, 2.75) is 20.3 Å². The van der Waals surface area contributed by atoms with E-state index in [2.05, 4.69) is 31.5 Å². The molecule has 0 unspecified atom stereocenters. The molecule has 0 saturated heterocycles. The van der Waals surface area contributed by atoms with E-state index in [0.29, 0.717) is 5.92 Å². The number of hydrogen-bond acceptors (Lipinski definition) is 1. The van der Waals surface area contributed by atoms with Crippen LogP contribution in [0.2, 0.25) is 0 Å². The van der Waals surface area contributed by atoms with Crippen LogP contribution >= 0.6 is 0 Å². The Kier molecular flexibility index (Phi) is 5.44. The van der Waals surface area contributed by atoms with Gasteiger partial charge in [-0.15, -0.1) is 0 Å². The maximum Gasteiger partial charge on any atom is 0.0273 e. The zero-order valence-electron chi connectivity index (χ0n) is 7.67. The maximum absolute atomic E-state index is 3.90. The lowest BCUT2D eigenvalue weighted by atomic mass is 10.0. The minimum absolute atomic E-state index is 0.567. The second-order valence-corrected chi connectivity index (χ2v) is 2.74. The van der Waals surface area contributed by atoms with E-state index >= 15 is 0 Å². The fraction of sp³-hybridized carbons (Fsp3) is 0.500. The summed E-state index contributed by atoms with van der Waals surface area (Å²) < 4.78 is 0. The van der Waals surface area contributed by atoms with Crippen LogP contribution in [0.25, 0.3) is 0 Å². The number of rotatable bonds is 4. The van der Waals surface area contributed by atoms with Crippen molar-refractivity contribution in [2.24, 2.45) is 10.9 Å². The van der Waals surface area contributed by atoms with Crippen LogP contribution < -0.4 is 0 Å². The topological polar surface area (TPSA) is 12.4 Å². The monoisotopic (exact) mass is 151 g/mol. The van der Waals surface area contributed by atoms with E-state index in [0.717, 1.165) is 6.42 Å². The van der Waals surface area contributed by atoms with Gasteiger partial charge in [0.05, 0.1) is 0 Å². The van der Waals surface area contributed by atoms with Crippen molar-refractivity contribution in [1.82, 2.24) is 0 Å². The molecule has 0 aliphatic rings. The van der Waals surface area contributed by atoms with Crippen molar-refractivity contribution in [3.63, 3.8) is 0 Å². The molecule has 62 valence electrons. The Morgan fingerprint density at radius 1 is 1.55 bits per heavy atom. The predicted octanol–water partition coefficient (Wildman–Crippen LogP) is 2.85. The van der Waals surface area contributed by atoms with Crippen LogP contribution in [0.4, 0.5) is 0 Å². The molecule has 0 amide bonds. The molecule has 0 spiro atoms. The third kappa shape index (κ3) is 4.54. The summed E-state index contributed by atoms with van der Waals surface area (Å²) in [5.41, 5.74) is 1.30. The van der Waals surface area contributed by atoms with Crippen molar-refractivity contribution in [3.05, 3.63) is 24.3 Å². The van der Waals surface area contributed by atoms with Crippen LogP contribution in [0.15, 0.2) is 29.3 Å². The molecule has 1 nitrogen and oxygen atoms in total. The largest absolute Gasteiger partial charge is 0.301 e. The van der Waals surface area contributed by atoms with Gasteiger partial charge in [0.25, 0.3) is 0 Å². The van der Waals surface area contributed by atoms with Crippen LogP contribution in [0.5, 0.6) is 0 Å². The van der Waals surface area contributed by atoms with Gasteiger partial charge in [-0.25, -0.2) is 0 Å². The zero-order valence-corrected chi connectivity index (χ0v) is 7.67. The fourth-order valence-corrected chi connectivity index (χ4v) is 0.849. The molecule has 0 N–H and O–H groups in total. The number of nitrogens with zero attached hydrogens (tertiary/aromatic N) is 1. The first-order valence-corrected chi connectivity index (χ1v) is 3.95. The van der Waals surface area contributed by atoms with E-state index < -0.39 is 0 Å². The first kappa shape index (κ1) is 10.2. The second-order valence-electron chi connectivity index (χ2n) is 2.74. The van der Waals surface area contributed by atoms with Crippen LogP contribution in [-0.4, -0.2) is 13.3 Å². The average Bonchev–Trinajstić information content (AvgIpc) is 1.97. The SMILES string of the molecule is C=C/C(=C/CC=NC)C(C)C. The Morgan fingerprint density at radius 2 is 2.18 bits per heavy atom. The maximum atomic E-state index is 3.90. The molecular weight excluding hydrogens is 134 g/mol. The molecular formula is C10H17N. The molecule has 0 bridgehead atoms. The van der Waals surface area contributed by atoms with Crippen LogP contribution in [0.1, 0.15) is 20.3 Å². The summed E-state index contributed by atoms with van der Waals surface area (Å²) in [5, 5.41) is 0. The fourth-order valence-electron chi connectivity index (χ4n) is 0.849. The van der Waals surface area contributed by atoms with Crippen LogP contribution in [0, 0.1) is 5.92 Å². The number of allylic oxidation sites excluding steroid dienone is 3. The summed E-state index contributed by atoms with van der Waals surface area (Å²) >= 11 is 0. The molecule has 0 heterocycles. The summed E-state index contributed by atoms with van der Waals surface area (Å²) in [6.07, 6.45) is 6.88. The Labute approximate surface area is 69.5 Å². The molecule has 0 aromatic rings. The van der Waals surface area contributed by atoms with E-state index in [1.54, 1.807) is 7.05 Å². The molecule has 0 radical (unpaired) electrons. The molecule has 0 aromatic heterocycles. The highest BCUT2D eigenvalue weighted by atomic mass is 14.6. The summed E-state index contributed by atoms with van der Waals surface area (Å²) in [7, 11) is 1.79. The van der Waals surface area contributed by atoms with Crippen LogP contribution in [0.3, 0.4) is 0 Å². The van der Waals surface area contributed by atoms with E-state index in [4.69, 9.17) is 0 Å². The van der Waals surface area contributed by atoms with Gasteiger partial charge in [0.1, 0.15) is 0 Å². The van der Waals surface area contributed by atoms with Crippen molar-refractivity contribution < 1.29 is 0 Å². The molecule has 0 fully saturated rings. The molecule has 1 heteroatoms. The second kappa shape index (κ2) is 5.90. The van der Waals surface area contributed by atoms with E-state index in [9.17, 15) is 0 Å². The van der Waals surface area contributed by atoms with Gasteiger partial charge >= 0.3 is 0 Å². The summed E-state index contributed by atoms with van der Waals surface area (Å²) in [6.45, 7) is 8.07. The highest BCUT2D eigenvalue weighted by molar-refractivity contribution is 5.59. The van der Waals surface area contributed by atoms with E-state index in [1.165, 1.54) is 5.57 Å². The van der Waals surface area contributed by atoms with E-state index in [-0.39, 0.29) is 0 Å². The molecule has 0 aliphatic carbocycles. The molecule has 0 rings (SSSR count). The first-order chi connectivity index (χ1) is 5.22. The van der Waals surface area contributed by atoms with Crippen molar-refractivity contribution in [3.8, 4) is 0 Å². The van der Waals surface area contributed by atoms with Gasteiger partial charge in [-0.1, -0.05) is 32.6 Å². The average molecular weight is 151 g/mol. The third-order valence-electron chi connectivity index (χ3n) is 1.54. The van der Waals surface area contributed by atoms with Crippen molar-refractivity contribution in [2.75, 3.05) is 7.05 Å². The Balaban J connectivity index is 4.01. The van der Waals surface area contributed by atoms with Gasteiger partial charge in [-0.2, -0.15) is 0 Å². The van der Waals surface area contributed by atoms with Gasteiger partial charge in [0.2, 0.25) is 0 Å². The quantitative estimate of drug-likeness (QED) is 0.433. The van der Waals surface area contributed by atoms with Crippen molar-refractivity contribution >= 4 is 6.21 Å². The molecule has 0 atom stereocenters. The summed E-state index contributed by atoms with van der Waals surface area (Å²) in [4.78, 5) is 3.90. The van der Waals surface area contributed by atoms with Gasteiger partial charge in [-0.3, -0.25) is 0 Å². The standard InChI is InChI=1S/C10H17N/c1-5-10(9(2)3)7-6-8-11-4/h5,7-9H,1,6H2,2-4H3/b10-7-,11-8?.